The number of anilines is 1. The van der Waals surface area contributed by atoms with Crippen molar-refractivity contribution in [3.63, 3.8) is 0 Å². The van der Waals surface area contributed by atoms with Crippen LogP contribution in [0.25, 0.3) is 0 Å². The average Bonchev–Trinajstić information content (AvgIpc) is 2.77. The van der Waals surface area contributed by atoms with Crippen molar-refractivity contribution in [2.24, 2.45) is 0 Å². The summed E-state index contributed by atoms with van der Waals surface area (Å²) in [6.07, 6.45) is 2.06. The Bertz CT molecular complexity index is 561. The Balaban J connectivity index is 1.94. The highest BCUT2D eigenvalue weighted by molar-refractivity contribution is 7.89. The molecule has 2 heterocycles. The molecule has 2 bridgehead atoms. The molecule has 6 heteroatoms. The van der Waals surface area contributed by atoms with Gasteiger partial charge < -0.3 is 10.1 Å². The fourth-order valence-corrected chi connectivity index (χ4v) is 4.51. The molecule has 0 spiro atoms. The number of hydrogen-bond acceptors (Lipinski definition) is 4. The summed E-state index contributed by atoms with van der Waals surface area (Å²) in [7, 11) is -1.71. The van der Waals surface area contributed by atoms with Crippen molar-refractivity contribution < 1.29 is 13.2 Å². The molecule has 2 fully saturated rings. The minimum Gasteiger partial charge on any atom is -0.387 e. The van der Waals surface area contributed by atoms with Crippen LogP contribution in [0, 0.1) is 0 Å². The molecule has 0 aliphatic carbocycles. The fraction of sp³-hybridized carbons (Fsp3) is 0.538. The number of rotatable bonds is 3. The minimum absolute atomic E-state index is 0.0651. The standard InChI is InChI=1S/C13H18N2O3S/c1-14-12-4-2-3-5-13(12)19(16,17)15-8-10-6-7-11(9-15)18-10/h2-5,10-11,14H,6-9H2,1H3. The van der Waals surface area contributed by atoms with Gasteiger partial charge in [0.25, 0.3) is 0 Å². The average molecular weight is 282 g/mol. The number of benzene rings is 1. The number of morpholine rings is 1. The number of nitrogens with zero attached hydrogens (tertiary/aromatic N) is 1. The van der Waals surface area contributed by atoms with E-state index >= 15 is 0 Å². The summed E-state index contributed by atoms with van der Waals surface area (Å²) in [5.41, 5.74) is 0.640. The van der Waals surface area contributed by atoms with Gasteiger partial charge in [0.05, 0.1) is 17.9 Å². The maximum atomic E-state index is 12.7. The van der Waals surface area contributed by atoms with Gasteiger partial charge >= 0.3 is 0 Å². The normalized spacial score (nSPS) is 27.4. The molecule has 104 valence electrons. The Morgan fingerprint density at radius 1 is 1.21 bits per heavy atom. The lowest BCUT2D eigenvalue weighted by Gasteiger charge is -2.31. The van der Waals surface area contributed by atoms with E-state index < -0.39 is 10.0 Å². The van der Waals surface area contributed by atoms with Gasteiger partial charge in [-0.25, -0.2) is 8.42 Å². The van der Waals surface area contributed by atoms with Gasteiger partial charge in [0.1, 0.15) is 4.90 Å². The maximum Gasteiger partial charge on any atom is 0.245 e. The molecular formula is C13H18N2O3S. The molecule has 1 aromatic rings. The van der Waals surface area contributed by atoms with Crippen molar-refractivity contribution in [1.29, 1.82) is 0 Å². The van der Waals surface area contributed by atoms with E-state index in [1.807, 2.05) is 6.07 Å². The number of sulfonamides is 1. The molecule has 2 atom stereocenters. The van der Waals surface area contributed by atoms with Gasteiger partial charge in [-0.15, -0.1) is 0 Å². The van der Waals surface area contributed by atoms with Crippen LogP contribution in [0.1, 0.15) is 12.8 Å². The van der Waals surface area contributed by atoms with Crippen LogP contribution in [-0.4, -0.2) is 45.1 Å². The monoisotopic (exact) mass is 282 g/mol. The van der Waals surface area contributed by atoms with E-state index in [2.05, 4.69) is 5.32 Å². The second-order valence-electron chi connectivity index (χ2n) is 5.03. The molecule has 1 aromatic carbocycles. The number of nitrogens with one attached hydrogen (secondary N) is 1. The van der Waals surface area contributed by atoms with E-state index in [1.54, 1.807) is 29.6 Å². The number of hydrogen-bond donors (Lipinski definition) is 1. The van der Waals surface area contributed by atoms with Crippen LogP contribution in [0.4, 0.5) is 5.69 Å². The van der Waals surface area contributed by atoms with Gasteiger partial charge in [-0.1, -0.05) is 12.1 Å². The first-order valence-electron chi connectivity index (χ1n) is 6.53. The Labute approximate surface area is 113 Å². The molecule has 5 nitrogen and oxygen atoms in total. The molecule has 2 aliphatic rings. The van der Waals surface area contributed by atoms with E-state index in [-0.39, 0.29) is 12.2 Å². The van der Waals surface area contributed by atoms with Gasteiger partial charge in [0, 0.05) is 20.1 Å². The molecule has 2 unspecified atom stereocenters. The predicted octanol–water partition coefficient (Wildman–Crippen LogP) is 1.28. The minimum atomic E-state index is -3.44. The van der Waals surface area contributed by atoms with Gasteiger partial charge in [-0.2, -0.15) is 4.31 Å². The smallest absolute Gasteiger partial charge is 0.245 e. The molecule has 2 aliphatic heterocycles. The Morgan fingerprint density at radius 3 is 2.47 bits per heavy atom. The lowest BCUT2D eigenvalue weighted by atomic mass is 10.2. The lowest BCUT2D eigenvalue weighted by molar-refractivity contribution is -0.0114. The molecule has 1 N–H and O–H groups in total. The molecule has 0 radical (unpaired) electrons. The summed E-state index contributed by atoms with van der Waals surface area (Å²) in [6, 6.07) is 7.01. The van der Waals surface area contributed by atoms with Crippen LogP contribution in [0.2, 0.25) is 0 Å². The Morgan fingerprint density at radius 2 is 1.84 bits per heavy atom. The zero-order valence-electron chi connectivity index (χ0n) is 10.9. The van der Waals surface area contributed by atoms with Crippen LogP contribution in [0.5, 0.6) is 0 Å². The topological polar surface area (TPSA) is 58.6 Å². The van der Waals surface area contributed by atoms with E-state index in [0.29, 0.717) is 23.7 Å². The molecule has 0 saturated carbocycles. The first-order valence-corrected chi connectivity index (χ1v) is 7.97. The number of para-hydroxylation sites is 1. The van der Waals surface area contributed by atoms with Crippen molar-refractivity contribution >= 4 is 15.7 Å². The number of fused-ring (bicyclic) bond motifs is 2. The van der Waals surface area contributed by atoms with Crippen LogP contribution < -0.4 is 5.32 Å². The summed E-state index contributed by atoms with van der Waals surface area (Å²) in [4.78, 5) is 0.346. The molecule has 0 aromatic heterocycles. The third kappa shape index (κ3) is 2.24. The molecule has 19 heavy (non-hydrogen) atoms. The Kier molecular flexibility index (Phi) is 3.24. The summed E-state index contributed by atoms with van der Waals surface area (Å²) in [5, 5.41) is 2.94. The molecule has 3 rings (SSSR count). The fourth-order valence-electron chi connectivity index (χ4n) is 2.81. The third-order valence-electron chi connectivity index (χ3n) is 3.78. The van der Waals surface area contributed by atoms with Crippen molar-refractivity contribution in [2.75, 3.05) is 25.5 Å². The van der Waals surface area contributed by atoms with Crippen LogP contribution >= 0.6 is 0 Å². The van der Waals surface area contributed by atoms with Gasteiger partial charge in [0.2, 0.25) is 10.0 Å². The van der Waals surface area contributed by atoms with E-state index in [0.717, 1.165) is 12.8 Å². The van der Waals surface area contributed by atoms with Crippen LogP contribution in [0.15, 0.2) is 29.2 Å². The highest BCUT2D eigenvalue weighted by Crippen LogP contribution is 2.31. The summed E-state index contributed by atoms with van der Waals surface area (Å²) in [5.74, 6) is 0. The lowest BCUT2D eigenvalue weighted by Crippen LogP contribution is -2.45. The van der Waals surface area contributed by atoms with Crippen molar-refractivity contribution in [3.8, 4) is 0 Å². The quantitative estimate of drug-likeness (QED) is 0.907. The molecule has 2 saturated heterocycles. The summed E-state index contributed by atoms with van der Waals surface area (Å²) < 4.78 is 32.7. The van der Waals surface area contributed by atoms with Crippen molar-refractivity contribution in [1.82, 2.24) is 4.31 Å². The van der Waals surface area contributed by atoms with Gasteiger partial charge in [-0.3, -0.25) is 0 Å². The maximum absolute atomic E-state index is 12.7. The van der Waals surface area contributed by atoms with Crippen LogP contribution in [-0.2, 0) is 14.8 Å². The highest BCUT2D eigenvalue weighted by Gasteiger charge is 2.39. The Hall–Kier alpha value is -1.11. The SMILES string of the molecule is CNc1ccccc1S(=O)(=O)N1CC2CCC(C1)O2. The van der Waals surface area contributed by atoms with Crippen LogP contribution in [0.3, 0.4) is 0 Å². The first-order chi connectivity index (χ1) is 9.11. The van der Waals surface area contributed by atoms with Gasteiger partial charge in [-0.05, 0) is 25.0 Å². The number of ether oxygens (including phenoxy) is 1. The zero-order chi connectivity index (χ0) is 13.5. The van der Waals surface area contributed by atoms with Crippen molar-refractivity contribution in [2.45, 2.75) is 29.9 Å². The zero-order valence-corrected chi connectivity index (χ0v) is 11.7. The molecular weight excluding hydrogens is 264 g/mol. The highest BCUT2D eigenvalue weighted by atomic mass is 32.2. The van der Waals surface area contributed by atoms with Crippen molar-refractivity contribution in [3.05, 3.63) is 24.3 Å². The predicted molar refractivity (Wildman–Crippen MR) is 72.6 cm³/mol. The second-order valence-corrected chi connectivity index (χ2v) is 6.93. The van der Waals surface area contributed by atoms with E-state index in [4.69, 9.17) is 4.74 Å². The summed E-state index contributed by atoms with van der Waals surface area (Å²) >= 11 is 0. The third-order valence-corrected chi connectivity index (χ3v) is 5.67. The second kappa shape index (κ2) is 4.77. The van der Waals surface area contributed by atoms with E-state index in [1.165, 1.54) is 0 Å². The first kappa shape index (κ1) is 12.9. The van der Waals surface area contributed by atoms with E-state index in [9.17, 15) is 8.42 Å². The van der Waals surface area contributed by atoms with Gasteiger partial charge in [0.15, 0.2) is 0 Å². The largest absolute Gasteiger partial charge is 0.387 e. The summed E-state index contributed by atoms with van der Waals surface area (Å²) in [6.45, 7) is 0.938. The molecule has 0 amide bonds.